The number of pyridine rings is 1. The molecule has 1 aliphatic carbocycles. The molecule has 1 saturated carbocycles. The van der Waals surface area contributed by atoms with Crippen molar-refractivity contribution < 1.29 is 0 Å². The van der Waals surface area contributed by atoms with Crippen LogP contribution in [0.1, 0.15) is 37.8 Å². The zero-order valence-electron chi connectivity index (χ0n) is 19.3. The van der Waals surface area contributed by atoms with Crippen molar-refractivity contribution in [1.29, 1.82) is 0 Å². The van der Waals surface area contributed by atoms with Gasteiger partial charge in [-0.3, -0.25) is 0 Å². The zero-order valence-corrected chi connectivity index (χ0v) is 19.3. The Labute approximate surface area is 194 Å². The molecule has 0 radical (unpaired) electrons. The highest BCUT2D eigenvalue weighted by Gasteiger charge is 2.40. The van der Waals surface area contributed by atoms with Gasteiger partial charge in [0.15, 0.2) is 0 Å². The summed E-state index contributed by atoms with van der Waals surface area (Å²) in [5.41, 5.74) is 4.33. The van der Waals surface area contributed by atoms with Crippen LogP contribution < -0.4 is 15.5 Å². The second kappa shape index (κ2) is 8.02. The van der Waals surface area contributed by atoms with Crippen LogP contribution in [0, 0.1) is 0 Å². The first-order chi connectivity index (χ1) is 16.1. The van der Waals surface area contributed by atoms with Gasteiger partial charge in [0.25, 0.3) is 0 Å². The van der Waals surface area contributed by atoms with Gasteiger partial charge in [0.05, 0.1) is 28.8 Å². The Morgan fingerprint density at radius 1 is 1.03 bits per heavy atom. The van der Waals surface area contributed by atoms with Crippen LogP contribution in [0.15, 0.2) is 37.2 Å². The number of nitrogens with one attached hydrogen (secondary N) is 2. The number of piperazine rings is 1. The third kappa shape index (κ3) is 3.62. The van der Waals surface area contributed by atoms with Gasteiger partial charge in [0.2, 0.25) is 5.95 Å². The van der Waals surface area contributed by atoms with Crippen molar-refractivity contribution in [1.82, 2.24) is 29.7 Å². The molecule has 3 aromatic heterocycles. The second-order valence-electron chi connectivity index (χ2n) is 9.77. The smallest absolute Gasteiger partial charge is 0.230 e. The zero-order chi connectivity index (χ0) is 22.4. The van der Waals surface area contributed by atoms with Gasteiger partial charge < -0.3 is 25.0 Å². The largest absolute Gasteiger partial charge is 0.381 e. The number of anilines is 3. The summed E-state index contributed by atoms with van der Waals surface area (Å²) in [6, 6.07) is 6.32. The Balaban J connectivity index is 1.29. The number of fused-ring (bicyclic) bond motifs is 4. The monoisotopic (exact) mass is 444 g/mol. The maximum atomic E-state index is 4.96. The van der Waals surface area contributed by atoms with Crippen molar-refractivity contribution in [2.45, 2.75) is 37.6 Å². The van der Waals surface area contributed by atoms with Gasteiger partial charge in [0.1, 0.15) is 11.5 Å². The van der Waals surface area contributed by atoms with Crippen LogP contribution in [0.2, 0.25) is 0 Å². The minimum absolute atomic E-state index is 0.0740. The molecular formula is C25H32N8. The lowest BCUT2D eigenvalue weighted by molar-refractivity contribution is 0.189. The lowest BCUT2D eigenvalue weighted by atomic mass is 9.80. The first kappa shape index (κ1) is 20.5. The molecule has 1 spiro atoms. The summed E-state index contributed by atoms with van der Waals surface area (Å²) in [5, 5.41) is 7.93. The van der Waals surface area contributed by atoms with Gasteiger partial charge in [-0.1, -0.05) is 25.8 Å². The molecule has 0 unspecified atom stereocenters. The minimum Gasteiger partial charge on any atom is -0.381 e. The Kier molecular flexibility index (Phi) is 4.98. The van der Waals surface area contributed by atoms with E-state index < -0.39 is 0 Å². The minimum atomic E-state index is 0.0740. The SMILES string of the molecule is C=C1NCC2(CCCCC2)n2c1cc1cnc(Nc3ccc(N4CCN(C)CC4)cn3)nc12. The predicted molar refractivity (Wildman–Crippen MR) is 133 cm³/mol. The standard InChI is InChI=1S/C25H32N8/c1-18-21-14-19-15-27-24(30-23(19)33(21)25(17-28-18)8-4-3-5-9-25)29-22-7-6-20(16-26-22)32-12-10-31(2)11-13-32/h6-7,14-16,28H,1,3-5,8-13,17H2,2H3,(H,26,27,29,30). The molecule has 1 saturated heterocycles. The van der Waals surface area contributed by atoms with E-state index in [-0.39, 0.29) is 5.54 Å². The summed E-state index contributed by atoms with van der Waals surface area (Å²) in [5.74, 6) is 1.34. The third-order valence-corrected chi connectivity index (χ3v) is 7.60. The highest BCUT2D eigenvalue weighted by molar-refractivity contribution is 5.84. The molecule has 5 heterocycles. The van der Waals surface area contributed by atoms with E-state index >= 15 is 0 Å². The van der Waals surface area contributed by atoms with Gasteiger partial charge >= 0.3 is 0 Å². The van der Waals surface area contributed by atoms with Crippen LogP contribution in [0.4, 0.5) is 17.5 Å². The van der Waals surface area contributed by atoms with Crippen molar-refractivity contribution >= 4 is 34.2 Å². The highest BCUT2D eigenvalue weighted by atomic mass is 15.3. The maximum absolute atomic E-state index is 4.96. The van der Waals surface area contributed by atoms with Gasteiger partial charge in [0, 0.05) is 44.3 Å². The summed E-state index contributed by atoms with van der Waals surface area (Å²) in [7, 11) is 2.17. The summed E-state index contributed by atoms with van der Waals surface area (Å²) < 4.78 is 2.44. The van der Waals surface area contributed by atoms with Crippen molar-refractivity contribution in [3.63, 3.8) is 0 Å². The van der Waals surface area contributed by atoms with Crippen molar-refractivity contribution in [3.8, 4) is 0 Å². The van der Waals surface area contributed by atoms with E-state index in [0.29, 0.717) is 5.95 Å². The number of rotatable bonds is 3. The van der Waals surface area contributed by atoms with E-state index in [1.54, 1.807) is 0 Å². The van der Waals surface area contributed by atoms with Crippen molar-refractivity contribution in [3.05, 3.63) is 42.9 Å². The van der Waals surface area contributed by atoms with Gasteiger partial charge in [-0.2, -0.15) is 4.98 Å². The van der Waals surface area contributed by atoms with E-state index in [4.69, 9.17) is 4.98 Å². The summed E-state index contributed by atoms with van der Waals surface area (Å²) in [6.45, 7) is 9.41. The summed E-state index contributed by atoms with van der Waals surface area (Å²) >= 11 is 0. The molecule has 8 heteroatoms. The van der Waals surface area contributed by atoms with E-state index in [2.05, 4.69) is 60.7 Å². The van der Waals surface area contributed by atoms with E-state index in [1.165, 1.54) is 32.1 Å². The Hall–Kier alpha value is -3.13. The number of nitrogens with zero attached hydrogens (tertiary/aromatic N) is 6. The van der Waals surface area contributed by atoms with Crippen LogP contribution >= 0.6 is 0 Å². The van der Waals surface area contributed by atoms with Crippen LogP contribution in [0.5, 0.6) is 0 Å². The average Bonchev–Trinajstić information content (AvgIpc) is 3.24. The molecule has 33 heavy (non-hydrogen) atoms. The second-order valence-corrected chi connectivity index (χ2v) is 9.77. The topological polar surface area (TPSA) is 74.1 Å². The molecule has 0 atom stereocenters. The molecule has 0 amide bonds. The third-order valence-electron chi connectivity index (χ3n) is 7.60. The number of likely N-dealkylation sites (N-methyl/N-ethyl adjacent to an activating group) is 1. The Bertz CT molecular complexity index is 1170. The van der Waals surface area contributed by atoms with Crippen LogP contribution in [0.3, 0.4) is 0 Å². The number of aromatic nitrogens is 4. The molecule has 2 aliphatic heterocycles. The van der Waals surface area contributed by atoms with Crippen molar-refractivity contribution in [2.24, 2.45) is 0 Å². The highest BCUT2D eigenvalue weighted by Crippen LogP contribution is 2.42. The van der Waals surface area contributed by atoms with E-state index in [9.17, 15) is 0 Å². The van der Waals surface area contributed by atoms with Crippen LogP contribution in [0.25, 0.3) is 16.7 Å². The fourth-order valence-electron chi connectivity index (χ4n) is 5.63. The molecule has 2 N–H and O–H groups in total. The average molecular weight is 445 g/mol. The first-order valence-corrected chi connectivity index (χ1v) is 12.1. The number of hydrogen-bond acceptors (Lipinski definition) is 7. The first-order valence-electron chi connectivity index (χ1n) is 12.1. The molecule has 0 aromatic carbocycles. The molecule has 2 fully saturated rings. The molecular weight excluding hydrogens is 412 g/mol. The quantitative estimate of drug-likeness (QED) is 0.640. The summed E-state index contributed by atoms with van der Waals surface area (Å²) in [4.78, 5) is 18.9. The van der Waals surface area contributed by atoms with E-state index in [0.717, 1.165) is 66.7 Å². The van der Waals surface area contributed by atoms with Crippen LogP contribution in [-0.2, 0) is 5.54 Å². The fourth-order valence-corrected chi connectivity index (χ4v) is 5.63. The normalized spacial score (nSPS) is 20.6. The fraction of sp³-hybridized carbons (Fsp3) is 0.480. The molecule has 8 nitrogen and oxygen atoms in total. The van der Waals surface area contributed by atoms with Gasteiger partial charge in [-0.15, -0.1) is 0 Å². The predicted octanol–water partition coefficient (Wildman–Crippen LogP) is 3.56. The lowest BCUT2D eigenvalue weighted by Gasteiger charge is -2.44. The van der Waals surface area contributed by atoms with Crippen molar-refractivity contribution in [2.75, 3.05) is 50.0 Å². The molecule has 6 rings (SSSR count). The maximum Gasteiger partial charge on any atom is 0.230 e. The van der Waals surface area contributed by atoms with E-state index in [1.807, 2.05) is 18.5 Å². The number of hydrogen-bond donors (Lipinski definition) is 2. The van der Waals surface area contributed by atoms with Crippen LogP contribution in [-0.4, -0.2) is 64.2 Å². The Morgan fingerprint density at radius 2 is 1.85 bits per heavy atom. The lowest BCUT2D eigenvalue weighted by Crippen LogP contribution is -2.48. The molecule has 172 valence electrons. The molecule has 0 bridgehead atoms. The summed E-state index contributed by atoms with van der Waals surface area (Å²) in [6.07, 6.45) is 10.0. The Morgan fingerprint density at radius 3 is 2.61 bits per heavy atom. The molecule has 3 aliphatic rings. The van der Waals surface area contributed by atoms with Gasteiger partial charge in [-0.25, -0.2) is 9.97 Å². The van der Waals surface area contributed by atoms with Gasteiger partial charge in [-0.05, 0) is 38.1 Å². The molecule has 3 aromatic rings.